The van der Waals surface area contributed by atoms with E-state index in [2.05, 4.69) is 10.2 Å². The smallest absolute Gasteiger partial charge is 0.256 e. The van der Waals surface area contributed by atoms with Gasteiger partial charge in [0.2, 0.25) is 5.91 Å². The lowest BCUT2D eigenvalue weighted by Gasteiger charge is -2.35. The second-order valence-electron chi connectivity index (χ2n) is 8.00. The van der Waals surface area contributed by atoms with Gasteiger partial charge >= 0.3 is 0 Å². The summed E-state index contributed by atoms with van der Waals surface area (Å²) in [6, 6.07) is 2.95. The molecule has 6 nitrogen and oxygen atoms in total. The minimum atomic E-state index is -0.860. The molecule has 2 fully saturated rings. The van der Waals surface area contributed by atoms with Crippen LogP contribution in [0, 0.1) is 17.6 Å². The van der Waals surface area contributed by atoms with Crippen molar-refractivity contribution in [2.45, 2.75) is 38.9 Å². The van der Waals surface area contributed by atoms with Gasteiger partial charge in [-0.05, 0) is 38.8 Å². The Labute approximate surface area is 170 Å². The summed E-state index contributed by atoms with van der Waals surface area (Å²) in [7, 11) is 0. The van der Waals surface area contributed by atoms with Crippen molar-refractivity contribution in [1.29, 1.82) is 0 Å². The lowest BCUT2D eigenvalue weighted by Crippen LogP contribution is -2.49. The molecule has 1 aromatic carbocycles. The van der Waals surface area contributed by atoms with Crippen molar-refractivity contribution in [3.63, 3.8) is 0 Å². The van der Waals surface area contributed by atoms with Crippen LogP contribution in [-0.4, -0.2) is 73.1 Å². The Morgan fingerprint density at radius 1 is 1.14 bits per heavy atom. The second-order valence-corrected chi connectivity index (χ2v) is 8.00. The van der Waals surface area contributed by atoms with Crippen LogP contribution in [0.3, 0.4) is 0 Å². The molecule has 2 saturated heterocycles. The van der Waals surface area contributed by atoms with Crippen molar-refractivity contribution < 1.29 is 23.1 Å². The number of amides is 2. The van der Waals surface area contributed by atoms with E-state index in [0.717, 1.165) is 25.7 Å². The van der Waals surface area contributed by atoms with Gasteiger partial charge in [0.15, 0.2) is 0 Å². The number of halogens is 2. The van der Waals surface area contributed by atoms with E-state index < -0.39 is 17.5 Å². The molecule has 8 heteroatoms. The topological polar surface area (TPSA) is 61.9 Å². The van der Waals surface area contributed by atoms with Crippen LogP contribution in [0.1, 0.15) is 37.0 Å². The average Bonchev–Trinajstić information content (AvgIpc) is 2.67. The summed E-state index contributed by atoms with van der Waals surface area (Å²) in [6.07, 6.45) is 1.46. The highest BCUT2D eigenvalue weighted by atomic mass is 19.1. The zero-order valence-corrected chi connectivity index (χ0v) is 17.0. The molecule has 0 aromatic heterocycles. The second kappa shape index (κ2) is 9.63. The lowest BCUT2D eigenvalue weighted by atomic mass is 9.95. The number of nitrogens with zero attached hydrogens (tertiary/aromatic N) is 2. The molecule has 29 heavy (non-hydrogen) atoms. The molecule has 0 bridgehead atoms. The highest BCUT2D eigenvalue weighted by Crippen LogP contribution is 2.21. The van der Waals surface area contributed by atoms with Crippen LogP contribution in [0.4, 0.5) is 8.78 Å². The fraction of sp³-hybridized carbons (Fsp3) is 0.619. The van der Waals surface area contributed by atoms with Crippen LogP contribution in [0.15, 0.2) is 18.2 Å². The molecule has 2 aliphatic heterocycles. The highest BCUT2D eigenvalue weighted by Gasteiger charge is 2.29. The van der Waals surface area contributed by atoms with Crippen LogP contribution < -0.4 is 5.32 Å². The molecule has 2 heterocycles. The number of ether oxygens (including phenoxy) is 1. The normalized spacial score (nSPS) is 23.8. The van der Waals surface area contributed by atoms with Crippen LogP contribution in [-0.2, 0) is 9.53 Å². The van der Waals surface area contributed by atoms with Crippen LogP contribution in [0.5, 0.6) is 0 Å². The predicted molar refractivity (Wildman–Crippen MR) is 104 cm³/mol. The van der Waals surface area contributed by atoms with Gasteiger partial charge < -0.3 is 15.0 Å². The molecule has 0 spiro atoms. The molecule has 160 valence electrons. The number of rotatable bonds is 5. The predicted octanol–water partition coefficient (Wildman–Crippen LogP) is 2.04. The number of hydrogen-bond acceptors (Lipinski definition) is 4. The molecule has 1 aromatic rings. The number of nitrogens with one attached hydrogen (secondary N) is 1. The largest absolute Gasteiger partial charge is 0.373 e. The monoisotopic (exact) mass is 409 g/mol. The SMILES string of the molecule is CC1CN(CCNC(=O)C2CCN(C(=O)c3ccc(F)cc3F)CC2)CC(C)O1. The zero-order chi connectivity index (χ0) is 21.0. The third-order valence-electron chi connectivity index (χ3n) is 5.54. The molecule has 0 radical (unpaired) electrons. The Hall–Kier alpha value is -2.06. The summed E-state index contributed by atoms with van der Waals surface area (Å²) in [5.74, 6) is -2.19. The van der Waals surface area contributed by atoms with Crippen molar-refractivity contribution in [3.8, 4) is 0 Å². The Morgan fingerprint density at radius 2 is 1.79 bits per heavy atom. The van der Waals surface area contributed by atoms with Gasteiger partial charge in [-0.3, -0.25) is 14.5 Å². The first-order valence-corrected chi connectivity index (χ1v) is 10.2. The number of piperidine rings is 1. The van der Waals surface area contributed by atoms with Gasteiger partial charge in [0, 0.05) is 51.3 Å². The molecule has 2 amide bonds. The summed E-state index contributed by atoms with van der Waals surface area (Å²) >= 11 is 0. The van der Waals surface area contributed by atoms with E-state index in [1.54, 1.807) is 0 Å². The van der Waals surface area contributed by atoms with Gasteiger partial charge in [0.25, 0.3) is 5.91 Å². The van der Waals surface area contributed by atoms with Crippen molar-refractivity contribution in [3.05, 3.63) is 35.4 Å². The van der Waals surface area contributed by atoms with E-state index in [9.17, 15) is 18.4 Å². The number of carbonyl (C=O) groups excluding carboxylic acids is 2. The standard InChI is InChI=1S/C21H29F2N3O3/c1-14-12-25(13-15(2)29-14)10-7-24-20(27)16-5-8-26(9-6-16)21(28)18-4-3-17(22)11-19(18)23/h3-4,11,14-16H,5-10,12-13H2,1-2H3,(H,24,27). The third kappa shape index (κ3) is 5.73. The van der Waals surface area contributed by atoms with Crippen molar-refractivity contribution >= 4 is 11.8 Å². The maximum atomic E-state index is 13.8. The molecular formula is C21H29F2N3O3. The van der Waals surface area contributed by atoms with Crippen molar-refractivity contribution in [2.75, 3.05) is 39.3 Å². The first-order chi connectivity index (χ1) is 13.8. The van der Waals surface area contributed by atoms with E-state index >= 15 is 0 Å². The number of likely N-dealkylation sites (tertiary alicyclic amines) is 1. The Balaban J connectivity index is 1.41. The van der Waals surface area contributed by atoms with E-state index in [4.69, 9.17) is 4.74 Å². The maximum Gasteiger partial charge on any atom is 0.256 e. The van der Waals surface area contributed by atoms with Gasteiger partial charge in [-0.2, -0.15) is 0 Å². The first kappa shape index (κ1) is 21.6. The summed E-state index contributed by atoms with van der Waals surface area (Å²) < 4.78 is 32.6. The summed E-state index contributed by atoms with van der Waals surface area (Å²) in [4.78, 5) is 28.7. The number of hydrogen-bond donors (Lipinski definition) is 1. The summed E-state index contributed by atoms with van der Waals surface area (Å²) in [5, 5.41) is 2.99. The minimum absolute atomic E-state index is 0.000539. The van der Waals surface area contributed by atoms with Crippen LogP contribution in [0.2, 0.25) is 0 Å². The average molecular weight is 409 g/mol. The van der Waals surface area contributed by atoms with Gasteiger partial charge in [-0.25, -0.2) is 8.78 Å². The fourth-order valence-electron chi connectivity index (χ4n) is 4.13. The molecule has 2 unspecified atom stereocenters. The quantitative estimate of drug-likeness (QED) is 0.809. The minimum Gasteiger partial charge on any atom is -0.373 e. The van der Waals surface area contributed by atoms with E-state index in [-0.39, 0.29) is 29.6 Å². The molecule has 2 atom stereocenters. The molecule has 2 aliphatic rings. The Morgan fingerprint density at radius 3 is 2.41 bits per heavy atom. The van der Waals surface area contributed by atoms with E-state index in [1.807, 2.05) is 13.8 Å². The zero-order valence-electron chi connectivity index (χ0n) is 17.0. The van der Waals surface area contributed by atoms with Gasteiger partial charge in [0.05, 0.1) is 17.8 Å². The van der Waals surface area contributed by atoms with Gasteiger partial charge in [-0.1, -0.05) is 0 Å². The Kier molecular flexibility index (Phi) is 7.18. The first-order valence-electron chi connectivity index (χ1n) is 10.2. The number of benzene rings is 1. The van der Waals surface area contributed by atoms with Crippen molar-refractivity contribution in [2.24, 2.45) is 5.92 Å². The summed E-state index contributed by atoms with van der Waals surface area (Å²) in [5.41, 5.74) is -0.136. The molecular weight excluding hydrogens is 380 g/mol. The third-order valence-corrected chi connectivity index (χ3v) is 5.54. The Bertz CT molecular complexity index is 728. The summed E-state index contributed by atoms with van der Waals surface area (Å²) in [6.45, 7) is 7.95. The van der Waals surface area contributed by atoms with E-state index in [0.29, 0.717) is 38.5 Å². The molecule has 1 N–H and O–H groups in total. The molecule has 3 rings (SSSR count). The van der Waals surface area contributed by atoms with Crippen LogP contribution in [0.25, 0.3) is 0 Å². The van der Waals surface area contributed by atoms with E-state index in [1.165, 1.54) is 11.0 Å². The van der Waals surface area contributed by atoms with Crippen LogP contribution >= 0.6 is 0 Å². The lowest BCUT2D eigenvalue weighted by molar-refractivity contribution is -0.126. The van der Waals surface area contributed by atoms with Gasteiger partial charge in [-0.15, -0.1) is 0 Å². The molecule has 0 saturated carbocycles. The van der Waals surface area contributed by atoms with Crippen molar-refractivity contribution in [1.82, 2.24) is 15.1 Å². The number of carbonyl (C=O) groups is 2. The fourth-order valence-corrected chi connectivity index (χ4v) is 4.13. The van der Waals surface area contributed by atoms with Gasteiger partial charge in [0.1, 0.15) is 11.6 Å². The molecule has 0 aliphatic carbocycles. The number of morpholine rings is 1. The highest BCUT2D eigenvalue weighted by molar-refractivity contribution is 5.94. The maximum absolute atomic E-state index is 13.8.